The van der Waals surface area contributed by atoms with Crippen molar-refractivity contribution < 1.29 is 9.53 Å². The highest BCUT2D eigenvalue weighted by molar-refractivity contribution is 5.80. The van der Waals surface area contributed by atoms with Crippen LogP contribution in [0.2, 0.25) is 0 Å². The molecule has 0 saturated carbocycles. The molecule has 0 aliphatic carbocycles. The van der Waals surface area contributed by atoms with Gasteiger partial charge in [-0.25, -0.2) is 0 Å². The molecule has 0 aromatic carbocycles. The minimum Gasteiger partial charge on any atom is -0.381 e. The molecule has 0 radical (unpaired) electrons. The fourth-order valence-corrected chi connectivity index (χ4v) is 0.708. The molecule has 0 aliphatic rings. The average Bonchev–Trinajstić information content (AvgIpc) is 2.09. The molecule has 0 saturated heterocycles. The average molecular weight is 168 g/mol. The van der Waals surface area contributed by atoms with Crippen molar-refractivity contribution in [2.24, 2.45) is 0 Å². The summed E-state index contributed by atoms with van der Waals surface area (Å²) in [5.74, 6) is 5.59. The largest absolute Gasteiger partial charge is 0.381 e. The Morgan fingerprint density at radius 1 is 1.42 bits per heavy atom. The molecular weight excluding hydrogens is 152 g/mol. The summed E-state index contributed by atoms with van der Waals surface area (Å²) in [7, 11) is 0. The predicted molar refractivity (Wildman–Crippen MR) is 48.8 cm³/mol. The van der Waals surface area contributed by atoms with Gasteiger partial charge in [-0.1, -0.05) is 12.8 Å². The van der Waals surface area contributed by atoms with Crippen molar-refractivity contribution in [3.8, 4) is 11.8 Å². The highest BCUT2D eigenvalue weighted by Gasteiger charge is 1.97. The van der Waals surface area contributed by atoms with E-state index in [2.05, 4.69) is 11.8 Å². The van der Waals surface area contributed by atoms with E-state index in [1.807, 2.05) is 6.92 Å². The normalized spacial score (nSPS) is 8.83. The van der Waals surface area contributed by atoms with Gasteiger partial charge in [0.25, 0.3) is 0 Å². The Bertz CT molecular complexity index is 174. The van der Waals surface area contributed by atoms with Gasteiger partial charge in [-0.3, -0.25) is 4.79 Å². The van der Waals surface area contributed by atoms with Crippen LogP contribution in [0.15, 0.2) is 0 Å². The van der Waals surface area contributed by atoms with Crippen LogP contribution in [0.1, 0.15) is 33.1 Å². The highest BCUT2D eigenvalue weighted by Crippen LogP contribution is 1.90. The molecule has 0 aliphatic heterocycles. The van der Waals surface area contributed by atoms with E-state index in [0.717, 1.165) is 13.0 Å². The van der Waals surface area contributed by atoms with E-state index in [4.69, 9.17) is 4.74 Å². The zero-order chi connectivity index (χ0) is 9.23. The minimum atomic E-state index is 0.167. The lowest BCUT2D eigenvalue weighted by atomic mass is 10.2. The quantitative estimate of drug-likeness (QED) is 0.446. The number of carbonyl (C=O) groups is 1. The standard InChI is InChI=1S/C10H16O2/c1-3-5-6-10(11)7-9-12-8-4-2/h4,6-9H2,1-2H3. The number of ketones is 1. The molecule has 0 spiro atoms. The first-order valence-electron chi connectivity index (χ1n) is 4.30. The summed E-state index contributed by atoms with van der Waals surface area (Å²) < 4.78 is 5.16. The van der Waals surface area contributed by atoms with Gasteiger partial charge in [-0.05, 0) is 13.3 Å². The summed E-state index contributed by atoms with van der Waals surface area (Å²) in [4.78, 5) is 11.0. The Labute approximate surface area is 74.3 Å². The molecule has 0 fully saturated rings. The maximum absolute atomic E-state index is 11.0. The van der Waals surface area contributed by atoms with Crippen LogP contribution in [0.25, 0.3) is 0 Å². The number of carbonyl (C=O) groups excluding carboxylic acids is 1. The van der Waals surface area contributed by atoms with E-state index in [-0.39, 0.29) is 5.78 Å². The maximum atomic E-state index is 11.0. The smallest absolute Gasteiger partial charge is 0.147 e. The number of hydrogen-bond donors (Lipinski definition) is 0. The summed E-state index contributed by atoms with van der Waals surface area (Å²) in [6, 6.07) is 0. The van der Waals surface area contributed by atoms with E-state index in [1.165, 1.54) is 0 Å². The lowest BCUT2D eigenvalue weighted by molar-refractivity contribution is -0.119. The van der Waals surface area contributed by atoms with Gasteiger partial charge in [0.2, 0.25) is 0 Å². The summed E-state index contributed by atoms with van der Waals surface area (Å²) >= 11 is 0. The molecule has 0 unspecified atom stereocenters. The lowest BCUT2D eigenvalue weighted by Crippen LogP contribution is -2.03. The van der Waals surface area contributed by atoms with E-state index in [0.29, 0.717) is 19.4 Å². The molecule has 0 atom stereocenters. The van der Waals surface area contributed by atoms with Crippen LogP contribution in [0.4, 0.5) is 0 Å². The molecule has 0 amide bonds. The van der Waals surface area contributed by atoms with Gasteiger partial charge in [-0.15, -0.1) is 5.92 Å². The van der Waals surface area contributed by atoms with Crippen molar-refractivity contribution in [3.05, 3.63) is 0 Å². The van der Waals surface area contributed by atoms with E-state index in [9.17, 15) is 4.79 Å². The fraction of sp³-hybridized carbons (Fsp3) is 0.700. The van der Waals surface area contributed by atoms with Gasteiger partial charge in [0.1, 0.15) is 5.78 Å². The number of rotatable bonds is 6. The minimum absolute atomic E-state index is 0.167. The topological polar surface area (TPSA) is 26.3 Å². The van der Waals surface area contributed by atoms with Crippen LogP contribution < -0.4 is 0 Å². The Morgan fingerprint density at radius 2 is 2.17 bits per heavy atom. The van der Waals surface area contributed by atoms with Gasteiger partial charge in [0.05, 0.1) is 13.0 Å². The molecule has 2 nitrogen and oxygen atoms in total. The molecule has 0 N–H and O–H groups in total. The van der Waals surface area contributed by atoms with E-state index in [1.54, 1.807) is 6.92 Å². The molecule has 0 aromatic heterocycles. The van der Waals surface area contributed by atoms with Gasteiger partial charge >= 0.3 is 0 Å². The van der Waals surface area contributed by atoms with Crippen LogP contribution in [0.5, 0.6) is 0 Å². The Hall–Kier alpha value is -0.810. The summed E-state index contributed by atoms with van der Waals surface area (Å²) in [6.45, 7) is 5.07. The zero-order valence-corrected chi connectivity index (χ0v) is 7.85. The third-order valence-electron chi connectivity index (χ3n) is 1.34. The molecule has 0 aromatic rings. The third kappa shape index (κ3) is 7.30. The summed E-state index contributed by atoms with van der Waals surface area (Å²) in [5, 5.41) is 0. The molecule has 0 bridgehead atoms. The second kappa shape index (κ2) is 8.29. The summed E-state index contributed by atoms with van der Waals surface area (Å²) in [6.07, 6.45) is 1.86. The van der Waals surface area contributed by atoms with Crippen molar-refractivity contribution in [3.63, 3.8) is 0 Å². The van der Waals surface area contributed by atoms with Crippen molar-refractivity contribution in [2.45, 2.75) is 33.1 Å². The van der Waals surface area contributed by atoms with Crippen LogP contribution in [-0.4, -0.2) is 19.0 Å². The SMILES string of the molecule is CC#CCC(=O)CCOCCC. The van der Waals surface area contributed by atoms with Crippen molar-refractivity contribution >= 4 is 5.78 Å². The van der Waals surface area contributed by atoms with Gasteiger partial charge in [0, 0.05) is 13.0 Å². The second-order valence-corrected chi connectivity index (χ2v) is 2.50. The highest BCUT2D eigenvalue weighted by atomic mass is 16.5. The molecular formula is C10H16O2. The Morgan fingerprint density at radius 3 is 2.75 bits per heavy atom. The molecule has 0 rings (SSSR count). The fourth-order valence-electron chi connectivity index (χ4n) is 0.708. The number of ether oxygens (including phenoxy) is 1. The molecule has 12 heavy (non-hydrogen) atoms. The van der Waals surface area contributed by atoms with Crippen LogP contribution in [0.3, 0.4) is 0 Å². The van der Waals surface area contributed by atoms with Crippen LogP contribution >= 0.6 is 0 Å². The Balaban J connectivity index is 3.24. The number of hydrogen-bond acceptors (Lipinski definition) is 2. The first-order chi connectivity index (χ1) is 5.81. The van der Waals surface area contributed by atoms with Crippen molar-refractivity contribution in [1.82, 2.24) is 0 Å². The predicted octanol–water partition coefficient (Wildman–Crippen LogP) is 1.79. The lowest BCUT2D eigenvalue weighted by Gasteiger charge is -1.99. The second-order valence-electron chi connectivity index (χ2n) is 2.50. The van der Waals surface area contributed by atoms with Gasteiger partial charge in [-0.2, -0.15) is 0 Å². The third-order valence-corrected chi connectivity index (χ3v) is 1.34. The van der Waals surface area contributed by atoms with Gasteiger partial charge in [0.15, 0.2) is 0 Å². The van der Waals surface area contributed by atoms with Crippen LogP contribution in [0, 0.1) is 11.8 Å². The van der Waals surface area contributed by atoms with E-state index >= 15 is 0 Å². The number of Topliss-reactive ketones (excluding diaryl/α,β-unsaturated/α-hetero) is 1. The van der Waals surface area contributed by atoms with Crippen molar-refractivity contribution in [1.29, 1.82) is 0 Å². The maximum Gasteiger partial charge on any atom is 0.147 e. The molecule has 2 heteroatoms. The zero-order valence-electron chi connectivity index (χ0n) is 7.85. The molecule has 68 valence electrons. The summed E-state index contributed by atoms with van der Waals surface area (Å²) in [5.41, 5.74) is 0. The van der Waals surface area contributed by atoms with Gasteiger partial charge < -0.3 is 4.74 Å². The first kappa shape index (κ1) is 11.2. The molecule has 0 heterocycles. The van der Waals surface area contributed by atoms with E-state index < -0.39 is 0 Å². The Kier molecular flexibility index (Phi) is 7.73. The first-order valence-corrected chi connectivity index (χ1v) is 4.30. The van der Waals surface area contributed by atoms with Crippen LogP contribution in [-0.2, 0) is 9.53 Å². The monoisotopic (exact) mass is 168 g/mol. The van der Waals surface area contributed by atoms with Crippen molar-refractivity contribution in [2.75, 3.05) is 13.2 Å².